The summed E-state index contributed by atoms with van der Waals surface area (Å²) >= 11 is 0. The van der Waals surface area contributed by atoms with E-state index < -0.39 is 17.7 Å². The predicted molar refractivity (Wildman–Crippen MR) is 118 cm³/mol. The van der Waals surface area contributed by atoms with E-state index in [-0.39, 0.29) is 17.8 Å². The fourth-order valence-electron chi connectivity index (χ4n) is 3.86. The Labute approximate surface area is 177 Å². The number of rotatable bonds is 8. The van der Waals surface area contributed by atoms with Crippen LogP contribution in [0, 0.1) is 0 Å². The number of hydrogen-bond acceptors (Lipinski definition) is 5. The fraction of sp³-hybridized carbons (Fsp3) is 0.333. The maximum atomic E-state index is 13.0. The highest BCUT2D eigenvalue weighted by atomic mass is 16.5. The first-order valence-corrected chi connectivity index (χ1v) is 10.3. The van der Waals surface area contributed by atoms with E-state index in [1.54, 1.807) is 26.2 Å². The van der Waals surface area contributed by atoms with Gasteiger partial charge in [-0.05, 0) is 55.8 Å². The van der Waals surface area contributed by atoms with Crippen LogP contribution in [0.2, 0.25) is 0 Å². The molecule has 0 fully saturated rings. The number of carbonyl (C=O) groups excluding carboxylic acids is 2. The topological polar surface area (TPSA) is 70.1 Å². The third kappa shape index (κ3) is 3.77. The normalized spacial score (nSPS) is 16.2. The first kappa shape index (κ1) is 21.4. The Kier molecular flexibility index (Phi) is 6.45. The number of ether oxygens (including phenoxy) is 1. The average molecular weight is 408 g/mol. The van der Waals surface area contributed by atoms with Gasteiger partial charge in [0.2, 0.25) is 0 Å². The molecule has 0 aliphatic carbocycles. The number of Topliss-reactive ketones (excluding diaryl/α,β-unsaturated/α-hetero) is 1. The van der Waals surface area contributed by atoms with Crippen molar-refractivity contribution in [3.63, 3.8) is 0 Å². The summed E-state index contributed by atoms with van der Waals surface area (Å²) in [6.45, 7) is 7.66. The van der Waals surface area contributed by atoms with Crippen LogP contribution in [0.4, 0.5) is 11.4 Å². The molecule has 1 amide bonds. The monoisotopic (exact) mass is 408 g/mol. The smallest absolute Gasteiger partial charge is 0.294 e. The Bertz CT molecular complexity index is 944. The van der Waals surface area contributed by atoms with Gasteiger partial charge in [0.05, 0.1) is 18.7 Å². The second-order valence-electron chi connectivity index (χ2n) is 7.08. The summed E-state index contributed by atoms with van der Waals surface area (Å²) in [5.41, 5.74) is 2.55. The molecule has 30 heavy (non-hydrogen) atoms. The summed E-state index contributed by atoms with van der Waals surface area (Å²) in [6.07, 6.45) is 0.202. The van der Waals surface area contributed by atoms with E-state index >= 15 is 0 Å². The van der Waals surface area contributed by atoms with Gasteiger partial charge in [-0.1, -0.05) is 19.1 Å². The fourth-order valence-corrected chi connectivity index (χ4v) is 3.86. The van der Waals surface area contributed by atoms with Gasteiger partial charge in [-0.2, -0.15) is 0 Å². The Morgan fingerprint density at radius 3 is 2.13 bits per heavy atom. The van der Waals surface area contributed by atoms with Gasteiger partial charge < -0.3 is 14.7 Å². The molecule has 1 atom stereocenters. The largest absolute Gasteiger partial charge is 0.503 e. The molecule has 0 saturated carbocycles. The van der Waals surface area contributed by atoms with E-state index in [1.807, 2.05) is 36.4 Å². The van der Waals surface area contributed by atoms with Crippen molar-refractivity contribution >= 4 is 23.1 Å². The van der Waals surface area contributed by atoms with E-state index in [9.17, 15) is 14.7 Å². The van der Waals surface area contributed by atoms with Crippen LogP contribution in [0.3, 0.4) is 0 Å². The van der Waals surface area contributed by atoms with E-state index in [4.69, 9.17) is 4.74 Å². The lowest BCUT2D eigenvalue weighted by atomic mass is 9.94. The van der Waals surface area contributed by atoms with Crippen LogP contribution >= 0.6 is 0 Å². The van der Waals surface area contributed by atoms with Crippen molar-refractivity contribution in [3.8, 4) is 5.75 Å². The van der Waals surface area contributed by atoms with Gasteiger partial charge in [-0.25, -0.2) is 0 Å². The summed E-state index contributed by atoms with van der Waals surface area (Å²) < 4.78 is 5.22. The molecule has 0 saturated heterocycles. The van der Waals surface area contributed by atoms with Crippen molar-refractivity contribution in [1.82, 2.24) is 0 Å². The quantitative estimate of drug-likeness (QED) is 0.700. The third-order valence-corrected chi connectivity index (χ3v) is 5.52. The molecule has 3 rings (SSSR count). The number of aliphatic hydroxyl groups is 1. The molecule has 1 N–H and O–H groups in total. The SMILES string of the molecule is CCC(=O)C1=C(O)C(=O)N(c2ccc(N(CC)CC)cc2)C1c1ccc(OC)cc1. The zero-order chi connectivity index (χ0) is 21.8. The molecule has 6 nitrogen and oxygen atoms in total. The van der Waals surface area contributed by atoms with Crippen molar-refractivity contribution in [1.29, 1.82) is 0 Å². The first-order valence-electron chi connectivity index (χ1n) is 10.3. The Hall–Kier alpha value is -3.28. The Morgan fingerprint density at radius 1 is 1.03 bits per heavy atom. The van der Waals surface area contributed by atoms with Gasteiger partial charge in [-0.15, -0.1) is 0 Å². The van der Waals surface area contributed by atoms with Gasteiger partial charge in [-0.3, -0.25) is 14.5 Å². The van der Waals surface area contributed by atoms with Crippen LogP contribution in [0.25, 0.3) is 0 Å². The van der Waals surface area contributed by atoms with Gasteiger partial charge in [0.25, 0.3) is 5.91 Å². The lowest BCUT2D eigenvalue weighted by molar-refractivity contribution is -0.118. The summed E-state index contributed by atoms with van der Waals surface area (Å²) in [4.78, 5) is 29.4. The zero-order valence-corrected chi connectivity index (χ0v) is 17.9. The summed E-state index contributed by atoms with van der Waals surface area (Å²) in [5.74, 6) is -0.614. The van der Waals surface area contributed by atoms with Crippen molar-refractivity contribution in [2.75, 3.05) is 30.0 Å². The molecule has 158 valence electrons. The van der Waals surface area contributed by atoms with E-state index in [0.29, 0.717) is 11.4 Å². The highest BCUT2D eigenvalue weighted by Gasteiger charge is 2.43. The highest BCUT2D eigenvalue weighted by molar-refractivity contribution is 6.16. The number of amides is 1. The Balaban J connectivity index is 2.07. The zero-order valence-electron chi connectivity index (χ0n) is 17.9. The maximum Gasteiger partial charge on any atom is 0.294 e. The van der Waals surface area contributed by atoms with Crippen molar-refractivity contribution in [3.05, 3.63) is 65.4 Å². The molecule has 0 bridgehead atoms. The predicted octanol–water partition coefficient (Wildman–Crippen LogP) is 4.42. The molecule has 0 spiro atoms. The maximum absolute atomic E-state index is 13.0. The number of carbonyl (C=O) groups is 2. The minimum atomic E-state index is -0.685. The molecule has 1 aliphatic heterocycles. The second kappa shape index (κ2) is 9.03. The van der Waals surface area contributed by atoms with Gasteiger partial charge in [0, 0.05) is 30.9 Å². The standard InChI is InChI=1S/C24H28N2O4/c1-5-20(27)21-22(16-8-14-19(30-4)15-9-16)26(24(29)23(21)28)18-12-10-17(11-13-18)25(6-2)7-3/h8-15,22,28H,5-7H2,1-4H3. The highest BCUT2D eigenvalue weighted by Crippen LogP contribution is 2.42. The van der Waals surface area contributed by atoms with Crippen LogP contribution in [-0.4, -0.2) is 37.0 Å². The van der Waals surface area contributed by atoms with E-state index in [2.05, 4.69) is 18.7 Å². The molecular formula is C24H28N2O4. The summed E-state index contributed by atoms with van der Waals surface area (Å²) in [5, 5.41) is 10.6. The summed E-state index contributed by atoms with van der Waals surface area (Å²) in [7, 11) is 1.58. The number of hydrogen-bond donors (Lipinski definition) is 1. The molecular weight excluding hydrogens is 380 g/mol. The van der Waals surface area contributed by atoms with Crippen molar-refractivity contribution in [2.24, 2.45) is 0 Å². The molecule has 6 heteroatoms. The lowest BCUT2D eigenvalue weighted by Gasteiger charge is -2.28. The third-order valence-electron chi connectivity index (χ3n) is 5.52. The van der Waals surface area contributed by atoms with Gasteiger partial charge in [0.15, 0.2) is 11.5 Å². The van der Waals surface area contributed by atoms with Crippen LogP contribution in [-0.2, 0) is 9.59 Å². The number of ketones is 1. The lowest BCUT2D eigenvalue weighted by Crippen LogP contribution is -2.31. The van der Waals surface area contributed by atoms with E-state index in [1.165, 1.54) is 4.90 Å². The number of nitrogens with zero attached hydrogens (tertiary/aromatic N) is 2. The Morgan fingerprint density at radius 2 is 1.63 bits per heavy atom. The molecule has 2 aromatic rings. The number of anilines is 2. The molecule has 1 aliphatic rings. The van der Waals surface area contributed by atoms with Crippen LogP contribution < -0.4 is 14.5 Å². The molecule has 1 unspecified atom stereocenters. The summed E-state index contributed by atoms with van der Waals surface area (Å²) in [6, 6.07) is 14.1. The molecule has 2 aromatic carbocycles. The minimum Gasteiger partial charge on any atom is -0.503 e. The van der Waals surface area contributed by atoms with Crippen molar-refractivity contribution < 1.29 is 19.4 Å². The van der Waals surface area contributed by atoms with Crippen LogP contribution in [0.1, 0.15) is 38.8 Å². The van der Waals surface area contributed by atoms with Gasteiger partial charge in [0.1, 0.15) is 5.75 Å². The average Bonchev–Trinajstić information content (AvgIpc) is 3.05. The molecule has 0 radical (unpaired) electrons. The van der Waals surface area contributed by atoms with Crippen molar-refractivity contribution in [2.45, 2.75) is 33.2 Å². The molecule has 0 aromatic heterocycles. The second-order valence-corrected chi connectivity index (χ2v) is 7.08. The minimum absolute atomic E-state index is 0.139. The van der Waals surface area contributed by atoms with E-state index in [0.717, 1.165) is 24.3 Å². The number of methoxy groups -OCH3 is 1. The number of aliphatic hydroxyl groups excluding tert-OH is 1. The van der Waals surface area contributed by atoms with Crippen LogP contribution in [0.15, 0.2) is 59.9 Å². The molecule has 1 heterocycles. The van der Waals surface area contributed by atoms with Gasteiger partial charge >= 0.3 is 0 Å². The number of benzene rings is 2. The first-order chi connectivity index (χ1) is 14.5. The van der Waals surface area contributed by atoms with Crippen LogP contribution in [0.5, 0.6) is 5.75 Å².